The van der Waals surface area contributed by atoms with Gasteiger partial charge in [0.1, 0.15) is 5.84 Å². The predicted molar refractivity (Wildman–Crippen MR) is 119 cm³/mol. The van der Waals surface area contributed by atoms with Crippen LogP contribution in [-0.4, -0.2) is 36.5 Å². The summed E-state index contributed by atoms with van der Waals surface area (Å²) in [7, 11) is 0. The summed E-state index contributed by atoms with van der Waals surface area (Å²) in [6.07, 6.45) is 3.38. The van der Waals surface area contributed by atoms with Crippen molar-refractivity contribution in [2.45, 2.75) is 83.0 Å². The number of nitrogens with one attached hydrogen (secondary N) is 2. The summed E-state index contributed by atoms with van der Waals surface area (Å²) in [5.41, 5.74) is -0.614. The van der Waals surface area contributed by atoms with E-state index in [9.17, 15) is 22.8 Å². The monoisotopic (exact) mass is 467 g/mol. The number of carbonyl (C=O) groups is 2. The normalized spacial score (nSPS) is 22.1. The molecule has 1 aromatic carbocycles. The van der Waals surface area contributed by atoms with Crippen LogP contribution in [0.1, 0.15) is 80.6 Å². The van der Waals surface area contributed by atoms with Crippen molar-refractivity contribution >= 4 is 17.8 Å². The average Bonchev–Trinajstić information content (AvgIpc) is 3.28. The number of benzene rings is 1. The van der Waals surface area contributed by atoms with E-state index in [2.05, 4.69) is 10.6 Å². The second kappa shape index (κ2) is 11.5. The van der Waals surface area contributed by atoms with Crippen LogP contribution in [0.25, 0.3) is 0 Å². The summed E-state index contributed by atoms with van der Waals surface area (Å²) in [4.78, 5) is 29.2. The van der Waals surface area contributed by atoms with Crippen molar-refractivity contribution in [1.82, 2.24) is 10.6 Å². The Morgan fingerprint density at radius 2 is 1.67 bits per heavy atom. The van der Waals surface area contributed by atoms with Gasteiger partial charge in [0.2, 0.25) is 0 Å². The third kappa shape index (κ3) is 7.75. The Kier molecular flexibility index (Phi) is 8.74. The standard InChI is InChI=1S/C24H32F3N3O3/c1-2-33-23(32)29-20-13-7-16(8-14-20)15-21(28-19-5-3-4-6-19)30-22(31)17-9-11-18(12-10-17)24(25,26)27/h9-12,16,19-20H,2-8,13-15H2,1H3,(H,29,32)(H,28,30,31). The molecule has 2 amide bonds. The first-order valence-corrected chi connectivity index (χ1v) is 11.7. The first kappa shape index (κ1) is 25.1. The molecule has 0 atom stereocenters. The number of halogens is 3. The minimum absolute atomic E-state index is 0.0808. The smallest absolute Gasteiger partial charge is 0.416 e. The number of nitrogens with zero attached hydrogens (tertiary/aromatic N) is 1. The van der Waals surface area contributed by atoms with Crippen molar-refractivity contribution in [2.75, 3.05) is 6.61 Å². The van der Waals surface area contributed by atoms with Crippen LogP contribution in [0.3, 0.4) is 0 Å². The lowest BCUT2D eigenvalue weighted by atomic mass is 9.84. The fourth-order valence-corrected chi connectivity index (χ4v) is 4.53. The maximum atomic E-state index is 12.8. The molecule has 182 valence electrons. The van der Waals surface area contributed by atoms with E-state index < -0.39 is 23.7 Å². The largest absolute Gasteiger partial charge is 0.450 e. The van der Waals surface area contributed by atoms with Crippen LogP contribution in [0, 0.1) is 5.92 Å². The number of aliphatic imine (C=N–C) groups is 1. The van der Waals surface area contributed by atoms with Crippen LogP contribution >= 0.6 is 0 Å². The van der Waals surface area contributed by atoms with Gasteiger partial charge in [-0.15, -0.1) is 0 Å². The summed E-state index contributed by atoms with van der Waals surface area (Å²) in [5.74, 6) is 0.477. The third-order valence-electron chi connectivity index (χ3n) is 6.32. The van der Waals surface area contributed by atoms with Crippen LogP contribution < -0.4 is 10.6 Å². The Labute approximate surface area is 192 Å². The molecule has 0 aliphatic heterocycles. The first-order valence-electron chi connectivity index (χ1n) is 11.7. The number of alkyl carbamates (subject to hydrolysis) is 1. The van der Waals surface area contributed by atoms with Gasteiger partial charge >= 0.3 is 12.3 Å². The van der Waals surface area contributed by atoms with Gasteiger partial charge in [-0.25, -0.2) is 4.79 Å². The van der Waals surface area contributed by atoms with E-state index in [1.54, 1.807) is 6.92 Å². The second-order valence-corrected chi connectivity index (χ2v) is 8.83. The van der Waals surface area contributed by atoms with Crippen molar-refractivity contribution in [3.8, 4) is 0 Å². The van der Waals surface area contributed by atoms with Crippen molar-refractivity contribution in [3.05, 3.63) is 35.4 Å². The number of carbonyl (C=O) groups excluding carboxylic acids is 2. The first-order chi connectivity index (χ1) is 15.7. The molecule has 0 unspecified atom stereocenters. The Balaban J connectivity index is 1.60. The van der Waals surface area contributed by atoms with Gasteiger partial charge in [-0.2, -0.15) is 13.2 Å². The molecule has 2 aliphatic carbocycles. The Morgan fingerprint density at radius 3 is 2.24 bits per heavy atom. The van der Waals surface area contributed by atoms with Crippen LogP contribution in [0.2, 0.25) is 0 Å². The SMILES string of the molecule is CCOC(=O)NC1CCC(CC(=NC2CCCC2)NC(=O)c2ccc(C(F)(F)F)cc2)CC1. The molecule has 2 fully saturated rings. The zero-order chi connectivity index (χ0) is 23.8. The molecule has 0 spiro atoms. The molecule has 3 rings (SSSR count). The minimum Gasteiger partial charge on any atom is -0.450 e. The third-order valence-corrected chi connectivity index (χ3v) is 6.32. The van der Waals surface area contributed by atoms with Gasteiger partial charge in [-0.3, -0.25) is 9.79 Å². The summed E-state index contributed by atoms with van der Waals surface area (Å²) >= 11 is 0. The van der Waals surface area contributed by atoms with Gasteiger partial charge in [-0.1, -0.05) is 12.8 Å². The molecular formula is C24H32F3N3O3. The highest BCUT2D eigenvalue weighted by atomic mass is 19.4. The molecule has 2 saturated carbocycles. The van der Waals surface area contributed by atoms with E-state index in [-0.39, 0.29) is 17.6 Å². The fraction of sp³-hybridized carbons (Fsp3) is 0.625. The quantitative estimate of drug-likeness (QED) is 0.430. The molecule has 6 nitrogen and oxygen atoms in total. The molecule has 2 N–H and O–H groups in total. The van der Waals surface area contributed by atoms with E-state index in [0.29, 0.717) is 24.8 Å². The van der Waals surface area contributed by atoms with Crippen LogP contribution in [0.4, 0.5) is 18.0 Å². The number of ether oxygens (including phenoxy) is 1. The molecule has 9 heteroatoms. The zero-order valence-corrected chi connectivity index (χ0v) is 18.9. The Bertz CT molecular complexity index is 826. The van der Waals surface area contributed by atoms with Crippen molar-refractivity contribution in [2.24, 2.45) is 10.9 Å². The van der Waals surface area contributed by atoms with Crippen LogP contribution in [-0.2, 0) is 10.9 Å². The van der Waals surface area contributed by atoms with E-state index in [1.807, 2.05) is 0 Å². The van der Waals surface area contributed by atoms with Crippen molar-refractivity contribution < 1.29 is 27.5 Å². The van der Waals surface area contributed by atoms with Gasteiger partial charge in [0.05, 0.1) is 18.2 Å². The minimum atomic E-state index is -4.44. The summed E-state index contributed by atoms with van der Waals surface area (Å²) < 4.78 is 43.4. The predicted octanol–water partition coefficient (Wildman–Crippen LogP) is 5.47. The molecule has 0 heterocycles. The lowest BCUT2D eigenvalue weighted by molar-refractivity contribution is -0.137. The molecular weight excluding hydrogens is 435 g/mol. The highest BCUT2D eigenvalue weighted by Crippen LogP contribution is 2.30. The maximum Gasteiger partial charge on any atom is 0.416 e. The molecule has 1 aromatic rings. The molecule has 0 radical (unpaired) electrons. The van der Waals surface area contributed by atoms with E-state index >= 15 is 0 Å². The molecule has 33 heavy (non-hydrogen) atoms. The number of alkyl halides is 3. The van der Waals surface area contributed by atoms with E-state index in [4.69, 9.17) is 9.73 Å². The van der Waals surface area contributed by atoms with E-state index in [0.717, 1.165) is 63.5 Å². The van der Waals surface area contributed by atoms with Gasteiger partial charge in [-0.05, 0) is 75.6 Å². The van der Waals surface area contributed by atoms with Crippen molar-refractivity contribution in [3.63, 3.8) is 0 Å². The van der Waals surface area contributed by atoms with Gasteiger partial charge in [0, 0.05) is 18.0 Å². The van der Waals surface area contributed by atoms with Gasteiger partial charge in [0.25, 0.3) is 5.91 Å². The van der Waals surface area contributed by atoms with Crippen LogP contribution in [0.15, 0.2) is 29.3 Å². The molecule has 0 aromatic heterocycles. The Morgan fingerprint density at radius 1 is 1.03 bits per heavy atom. The number of amides is 2. The summed E-state index contributed by atoms with van der Waals surface area (Å²) in [6, 6.07) is 4.47. The highest BCUT2D eigenvalue weighted by molar-refractivity contribution is 6.06. The topological polar surface area (TPSA) is 79.8 Å². The van der Waals surface area contributed by atoms with E-state index in [1.165, 1.54) is 12.1 Å². The molecule has 0 bridgehead atoms. The highest BCUT2D eigenvalue weighted by Gasteiger charge is 2.30. The maximum absolute atomic E-state index is 12.8. The summed E-state index contributed by atoms with van der Waals surface area (Å²) in [5, 5.41) is 5.75. The molecule has 0 saturated heterocycles. The lowest BCUT2D eigenvalue weighted by Gasteiger charge is -2.29. The van der Waals surface area contributed by atoms with Gasteiger partial charge < -0.3 is 15.4 Å². The molecule has 2 aliphatic rings. The second-order valence-electron chi connectivity index (χ2n) is 8.83. The average molecular weight is 468 g/mol. The van der Waals surface area contributed by atoms with Gasteiger partial charge in [0.15, 0.2) is 0 Å². The fourth-order valence-electron chi connectivity index (χ4n) is 4.53. The Hall–Kier alpha value is -2.58. The zero-order valence-electron chi connectivity index (χ0n) is 18.9. The lowest BCUT2D eigenvalue weighted by Crippen LogP contribution is -2.39. The number of amidine groups is 1. The summed E-state index contributed by atoms with van der Waals surface area (Å²) in [6.45, 7) is 2.10. The number of hydrogen-bond acceptors (Lipinski definition) is 4. The number of rotatable bonds is 6. The number of hydrogen-bond donors (Lipinski definition) is 2. The van der Waals surface area contributed by atoms with Crippen LogP contribution in [0.5, 0.6) is 0 Å². The van der Waals surface area contributed by atoms with Crippen molar-refractivity contribution in [1.29, 1.82) is 0 Å².